The van der Waals surface area contributed by atoms with Crippen molar-refractivity contribution < 1.29 is 5.11 Å². The van der Waals surface area contributed by atoms with Gasteiger partial charge < -0.3 is 31.7 Å². The van der Waals surface area contributed by atoms with Gasteiger partial charge in [0.15, 0.2) is 0 Å². The summed E-state index contributed by atoms with van der Waals surface area (Å²) in [5.74, 6) is 0.208. The van der Waals surface area contributed by atoms with E-state index in [4.69, 9.17) is 5.73 Å². The summed E-state index contributed by atoms with van der Waals surface area (Å²) < 4.78 is 0. The van der Waals surface area contributed by atoms with Gasteiger partial charge in [0.1, 0.15) is 5.75 Å². The average molecular weight is 647 g/mol. The number of rotatable bonds is 11. The number of phenolic OH excluding ortho intramolecular Hbond substituents is 1. The first-order valence-electron chi connectivity index (χ1n) is 16.4. The summed E-state index contributed by atoms with van der Waals surface area (Å²) in [6.07, 6.45) is 7.97. The molecule has 1 aliphatic carbocycles. The van der Waals surface area contributed by atoms with Crippen LogP contribution >= 0.6 is 0 Å². The molecule has 0 unspecified atom stereocenters. The highest BCUT2D eigenvalue weighted by Crippen LogP contribution is 2.40. The van der Waals surface area contributed by atoms with Gasteiger partial charge in [0.2, 0.25) is 0 Å². The van der Waals surface area contributed by atoms with Crippen LogP contribution in [0.15, 0.2) is 161 Å². The SMILES string of the molecule is C/C(N)=C(\C)NC1=C(N(C)c2cccc(-c3ccc(O)c(-c4ccccc4Nc4ccccc4NC=Nc4ccccc4)c3)c2)C=CCC1. The molecule has 0 aromatic heterocycles. The summed E-state index contributed by atoms with van der Waals surface area (Å²) in [5, 5.41) is 21.6. The van der Waals surface area contributed by atoms with Gasteiger partial charge in [0, 0.05) is 46.6 Å². The first-order valence-corrected chi connectivity index (χ1v) is 16.4. The number of hydrogen-bond donors (Lipinski definition) is 5. The van der Waals surface area contributed by atoms with Crippen LogP contribution in [0.5, 0.6) is 5.75 Å². The smallest absolute Gasteiger partial charge is 0.123 e. The summed E-state index contributed by atoms with van der Waals surface area (Å²) in [5.41, 5.74) is 18.3. The number of anilines is 4. The van der Waals surface area contributed by atoms with E-state index in [1.807, 2.05) is 98.8 Å². The van der Waals surface area contributed by atoms with Gasteiger partial charge in [-0.05, 0) is 98.5 Å². The normalized spacial score (nSPS) is 13.3. The Labute approximate surface area is 288 Å². The van der Waals surface area contributed by atoms with Crippen LogP contribution in [0.25, 0.3) is 22.3 Å². The number of aliphatic imine (C=N–C) groups is 1. The Kier molecular flexibility index (Phi) is 10.1. The summed E-state index contributed by atoms with van der Waals surface area (Å²) in [4.78, 5) is 6.72. The molecule has 0 amide bonds. The fourth-order valence-corrected chi connectivity index (χ4v) is 5.76. The molecular weight excluding hydrogens is 605 g/mol. The first-order chi connectivity index (χ1) is 23.9. The highest BCUT2D eigenvalue weighted by molar-refractivity contribution is 5.91. The van der Waals surface area contributed by atoms with E-state index in [9.17, 15) is 5.11 Å². The van der Waals surface area contributed by atoms with Crippen LogP contribution in [0.4, 0.5) is 28.4 Å². The lowest BCUT2D eigenvalue weighted by atomic mass is 9.96. The predicted molar refractivity (Wildman–Crippen MR) is 206 cm³/mol. The third-order valence-corrected chi connectivity index (χ3v) is 8.60. The van der Waals surface area contributed by atoms with E-state index < -0.39 is 0 Å². The molecule has 7 heteroatoms. The molecule has 0 fully saturated rings. The van der Waals surface area contributed by atoms with Crippen LogP contribution in [-0.4, -0.2) is 18.5 Å². The van der Waals surface area contributed by atoms with Gasteiger partial charge >= 0.3 is 0 Å². The largest absolute Gasteiger partial charge is 0.507 e. The molecule has 0 atom stereocenters. The molecule has 6 rings (SSSR count). The number of allylic oxidation sites excluding steroid dienone is 5. The van der Waals surface area contributed by atoms with Crippen molar-refractivity contribution in [3.8, 4) is 28.0 Å². The molecule has 49 heavy (non-hydrogen) atoms. The summed E-state index contributed by atoms with van der Waals surface area (Å²) in [7, 11) is 2.09. The molecule has 0 spiro atoms. The number of phenols is 1. The van der Waals surface area contributed by atoms with Crippen molar-refractivity contribution in [2.75, 3.05) is 22.6 Å². The first kappa shape index (κ1) is 32.7. The van der Waals surface area contributed by atoms with E-state index in [1.54, 1.807) is 12.4 Å². The maximum absolute atomic E-state index is 11.2. The van der Waals surface area contributed by atoms with Crippen LogP contribution in [0, 0.1) is 0 Å². The van der Waals surface area contributed by atoms with Gasteiger partial charge in [-0.1, -0.05) is 72.8 Å². The van der Waals surface area contributed by atoms with Gasteiger partial charge in [-0.15, -0.1) is 0 Å². The minimum absolute atomic E-state index is 0.208. The molecule has 0 bridgehead atoms. The third kappa shape index (κ3) is 7.85. The lowest BCUT2D eigenvalue weighted by Gasteiger charge is -2.27. The number of para-hydroxylation sites is 4. The zero-order chi connectivity index (χ0) is 34.2. The van der Waals surface area contributed by atoms with Crippen molar-refractivity contribution in [2.45, 2.75) is 26.7 Å². The van der Waals surface area contributed by atoms with Crippen molar-refractivity contribution in [1.29, 1.82) is 0 Å². The number of nitrogens with zero attached hydrogens (tertiary/aromatic N) is 2. The second kappa shape index (κ2) is 15.1. The van der Waals surface area contributed by atoms with Crippen molar-refractivity contribution in [2.24, 2.45) is 10.7 Å². The second-order valence-corrected chi connectivity index (χ2v) is 12.0. The number of aromatic hydroxyl groups is 1. The summed E-state index contributed by atoms with van der Waals surface area (Å²) in [6, 6.07) is 40.1. The van der Waals surface area contributed by atoms with E-state index in [1.165, 1.54) is 0 Å². The fourth-order valence-electron chi connectivity index (χ4n) is 5.76. The highest BCUT2D eigenvalue weighted by Gasteiger charge is 2.17. The van der Waals surface area contributed by atoms with Crippen LogP contribution in [0.1, 0.15) is 26.7 Å². The monoisotopic (exact) mass is 646 g/mol. The standard InChI is InChI=1S/C42H42N6O/c1-29(43)30(2)46-40-22-11-12-23-41(40)48(3)34-17-13-14-31(26-34)32-24-25-42(49)36(27-32)35-18-7-8-19-37(35)47-39-21-10-9-20-38(39)45-28-44-33-15-5-4-6-16-33/h4-10,12-21,23-28,46-47,49H,11,22,43H2,1-3H3,(H,44,45)/b30-29-. The Morgan fingerprint density at radius 2 is 1.49 bits per heavy atom. The molecule has 7 nitrogen and oxygen atoms in total. The van der Waals surface area contributed by atoms with E-state index in [2.05, 4.69) is 75.4 Å². The number of nitrogens with two attached hydrogens (primary N) is 1. The average Bonchev–Trinajstić information content (AvgIpc) is 3.13. The Hall–Kier alpha value is -6.21. The van der Waals surface area contributed by atoms with Crippen molar-refractivity contribution in [3.63, 3.8) is 0 Å². The molecule has 1 aliphatic rings. The number of benzene rings is 5. The van der Waals surface area contributed by atoms with Gasteiger partial charge in [-0.25, -0.2) is 4.99 Å². The summed E-state index contributed by atoms with van der Waals surface area (Å²) >= 11 is 0. The zero-order valence-electron chi connectivity index (χ0n) is 28.1. The number of likely N-dealkylation sites (N-methyl/N-ethyl adjacent to an activating group) is 1. The van der Waals surface area contributed by atoms with Crippen LogP contribution in [0.2, 0.25) is 0 Å². The third-order valence-electron chi connectivity index (χ3n) is 8.60. The molecule has 0 aliphatic heterocycles. The lowest BCUT2D eigenvalue weighted by Crippen LogP contribution is -2.25. The highest BCUT2D eigenvalue weighted by atomic mass is 16.3. The van der Waals surface area contributed by atoms with Crippen molar-refractivity contribution in [1.82, 2.24) is 5.32 Å². The minimum Gasteiger partial charge on any atom is -0.507 e. The Bertz CT molecular complexity index is 2060. The van der Waals surface area contributed by atoms with E-state index in [-0.39, 0.29) is 5.75 Å². The van der Waals surface area contributed by atoms with Gasteiger partial charge in [0.05, 0.1) is 29.1 Å². The predicted octanol–water partition coefficient (Wildman–Crippen LogP) is 10.0. The molecule has 0 saturated carbocycles. The summed E-state index contributed by atoms with van der Waals surface area (Å²) in [6.45, 7) is 3.92. The maximum atomic E-state index is 11.2. The molecule has 5 aromatic carbocycles. The molecule has 0 saturated heterocycles. The van der Waals surface area contributed by atoms with Crippen molar-refractivity contribution in [3.05, 3.63) is 156 Å². The zero-order valence-corrected chi connectivity index (χ0v) is 28.1. The van der Waals surface area contributed by atoms with Gasteiger partial charge in [0.25, 0.3) is 0 Å². The lowest BCUT2D eigenvalue weighted by molar-refractivity contribution is 0.477. The van der Waals surface area contributed by atoms with Gasteiger partial charge in [-0.2, -0.15) is 0 Å². The van der Waals surface area contributed by atoms with E-state index in [0.717, 1.165) is 86.3 Å². The Morgan fingerprint density at radius 1 is 0.776 bits per heavy atom. The Balaban J connectivity index is 1.28. The van der Waals surface area contributed by atoms with Crippen LogP contribution < -0.4 is 26.6 Å². The molecule has 5 aromatic rings. The molecule has 0 radical (unpaired) electrons. The molecule has 6 N–H and O–H groups in total. The van der Waals surface area contributed by atoms with E-state index in [0.29, 0.717) is 0 Å². The topological polar surface area (TPSA) is 97.9 Å². The van der Waals surface area contributed by atoms with Crippen molar-refractivity contribution >= 4 is 34.8 Å². The van der Waals surface area contributed by atoms with E-state index >= 15 is 0 Å². The molecular formula is C42H42N6O. The fraction of sp³-hybridized carbons (Fsp3) is 0.119. The molecule has 0 heterocycles. The second-order valence-electron chi connectivity index (χ2n) is 12.0. The van der Waals surface area contributed by atoms with Crippen LogP contribution in [-0.2, 0) is 0 Å². The van der Waals surface area contributed by atoms with Crippen LogP contribution in [0.3, 0.4) is 0 Å². The molecule has 246 valence electrons. The Morgan fingerprint density at radius 3 is 2.29 bits per heavy atom. The quantitative estimate of drug-likeness (QED) is 0.0724. The minimum atomic E-state index is 0.208. The number of nitrogens with one attached hydrogen (secondary N) is 3. The maximum Gasteiger partial charge on any atom is 0.123 e. The van der Waals surface area contributed by atoms with Gasteiger partial charge in [-0.3, -0.25) is 0 Å². The number of hydrogen-bond acceptors (Lipinski definition) is 6.